The van der Waals surface area contributed by atoms with Gasteiger partial charge in [-0.15, -0.1) is 0 Å². The van der Waals surface area contributed by atoms with Crippen LogP contribution < -0.4 is 0 Å². The third-order valence-electron chi connectivity index (χ3n) is 5.20. The number of hydrogen-bond acceptors (Lipinski definition) is 0. The molecule has 2 heteroatoms. The van der Waals surface area contributed by atoms with Crippen LogP contribution in [0.1, 0.15) is 47.0 Å². The lowest BCUT2D eigenvalue weighted by Gasteiger charge is -2.28. The third kappa shape index (κ3) is 2.84. The molecule has 2 aliphatic rings. The monoisotopic (exact) mass is 470 g/mol. The van der Waals surface area contributed by atoms with Crippen LogP contribution in [0.3, 0.4) is 0 Å². The predicted octanol–water partition coefficient (Wildman–Crippen LogP) is 6.15. The van der Waals surface area contributed by atoms with Crippen molar-refractivity contribution < 1.29 is 0 Å². The maximum absolute atomic E-state index is 2.57. The topological polar surface area (TPSA) is 0 Å². The Morgan fingerprint density at radius 2 is 2.11 bits per heavy atom. The van der Waals surface area contributed by atoms with E-state index in [1.807, 2.05) is 0 Å². The highest BCUT2D eigenvalue weighted by atomic mass is 127. The van der Waals surface area contributed by atoms with Crippen LogP contribution in [0.25, 0.3) is 0 Å². The molecular formula is C16H24I2. The van der Waals surface area contributed by atoms with Gasteiger partial charge in [-0.2, -0.15) is 0 Å². The van der Waals surface area contributed by atoms with Gasteiger partial charge in [0.05, 0.1) is 0 Å². The number of hydrogen-bond donors (Lipinski definition) is 0. The Hall–Kier alpha value is 0.940. The van der Waals surface area contributed by atoms with E-state index in [1.165, 1.54) is 22.8 Å². The summed E-state index contributed by atoms with van der Waals surface area (Å²) in [6.07, 6.45) is 8.96. The fourth-order valence-electron chi connectivity index (χ4n) is 3.77. The van der Waals surface area contributed by atoms with Crippen LogP contribution in [0.5, 0.6) is 0 Å². The molecular weight excluding hydrogens is 446 g/mol. The smallest absolute Gasteiger partial charge is 0.00900 e. The Morgan fingerprint density at radius 3 is 2.72 bits per heavy atom. The lowest BCUT2D eigenvalue weighted by atomic mass is 9.77. The zero-order chi connectivity index (χ0) is 13.5. The quantitative estimate of drug-likeness (QED) is 0.343. The van der Waals surface area contributed by atoms with Gasteiger partial charge in [0.2, 0.25) is 0 Å². The van der Waals surface area contributed by atoms with E-state index < -0.39 is 0 Å². The van der Waals surface area contributed by atoms with E-state index in [-0.39, 0.29) is 0 Å². The molecule has 0 aliphatic heterocycles. The summed E-state index contributed by atoms with van der Waals surface area (Å²) in [5.74, 6) is 2.53. The lowest BCUT2D eigenvalue weighted by molar-refractivity contribution is 0.234. The van der Waals surface area contributed by atoms with Crippen LogP contribution in [0.4, 0.5) is 0 Å². The van der Waals surface area contributed by atoms with Gasteiger partial charge >= 0.3 is 0 Å². The summed E-state index contributed by atoms with van der Waals surface area (Å²) in [4.78, 5) is 0. The van der Waals surface area contributed by atoms with E-state index in [2.05, 4.69) is 85.0 Å². The van der Waals surface area contributed by atoms with E-state index in [0.717, 1.165) is 21.7 Å². The number of fused-ring (bicyclic) bond motifs is 1. The zero-order valence-corrected chi connectivity index (χ0v) is 16.2. The zero-order valence-electron chi connectivity index (χ0n) is 11.8. The summed E-state index contributed by atoms with van der Waals surface area (Å²) in [5.41, 5.74) is 2.13. The first kappa shape index (κ1) is 15.3. The maximum Gasteiger partial charge on any atom is 0.00900 e. The molecule has 0 bridgehead atoms. The van der Waals surface area contributed by atoms with E-state index in [0.29, 0.717) is 5.41 Å². The van der Waals surface area contributed by atoms with Crippen molar-refractivity contribution in [2.45, 2.75) is 50.9 Å². The molecule has 2 rings (SSSR count). The van der Waals surface area contributed by atoms with E-state index in [1.54, 1.807) is 5.57 Å². The molecule has 18 heavy (non-hydrogen) atoms. The maximum atomic E-state index is 2.57. The summed E-state index contributed by atoms with van der Waals surface area (Å²) < 4.78 is 2.26. The van der Waals surface area contributed by atoms with E-state index in [4.69, 9.17) is 0 Å². The molecule has 0 radical (unpaired) electrons. The fraction of sp³-hybridized carbons (Fsp3) is 0.750. The van der Waals surface area contributed by atoms with Crippen LogP contribution >= 0.6 is 45.2 Å². The van der Waals surface area contributed by atoms with Crippen LogP contribution in [0, 0.1) is 23.2 Å². The van der Waals surface area contributed by atoms with Gasteiger partial charge < -0.3 is 0 Å². The SMILES string of the molecule is CC(I)CCC1C2CC=C(I)C=C2C(C)(C)C1C. The van der Waals surface area contributed by atoms with Crippen molar-refractivity contribution in [1.82, 2.24) is 0 Å². The molecule has 0 nitrogen and oxygen atoms in total. The Morgan fingerprint density at radius 1 is 1.44 bits per heavy atom. The first-order chi connectivity index (χ1) is 8.34. The highest BCUT2D eigenvalue weighted by molar-refractivity contribution is 14.1. The molecule has 0 amide bonds. The Kier molecular flexibility index (Phi) is 4.89. The largest absolute Gasteiger partial charge is 0.0829 e. The van der Waals surface area contributed by atoms with Crippen LogP contribution in [0.2, 0.25) is 0 Å². The lowest BCUT2D eigenvalue weighted by Crippen LogP contribution is -2.20. The van der Waals surface area contributed by atoms with Gasteiger partial charge in [-0.05, 0) is 71.1 Å². The Labute approximate surface area is 139 Å². The van der Waals surface area contributed by atoms with Crippen LogP contribution in [-0.2, 0) is 0 Å². The first-order valence-corrected chi connectivity index (χ1v) is 9.38. The van der Waals surface area contributed by atoms with Crippen molar-refractivity contribution in [3.8, 4) is 0 Å². The predicted molar refractivity (Wildman–Crippen MR) is 97.4 cm³/mol. The first-order valence-electron chi connectivity index (χ1n) is 7.05. The van der Waals surface area contributed by atoms with E-state index >= 15 is 0 Å². The second-order valence-electron chi connectivity index (χ2n) is 6.56. The third-order valence-corrected chi connectivity index (χ3v) is 6.57. The summed E-state index contributed by atoms with van der Waals surface area (Å²) in [7, 11) is 0. The van der Waals surface area contributed by atoms with Crippen molar-refractivity contribution in [2.75, 3.05) is 0 Å². The van der Waals surface area contributed by atoms with Crippen molar-refractivity contribution in [3.05, 3.63) is 21.3 Å². The number of halogens is 2. The molecule has 1 saturated carbocycles. The average Bonchev–Trinajstić information content (AvgIpc) is 2.46. The highest BCUT2D eigenvalue weighted by Crippen LogP contribution is 2.58. The molecule has 4 unspecified atom stereocenters. The van der Waals surface area contributed by atoms with Crippen LogP contribution in [-0.4, -0.2) is 3.92 Å². The van der Waals surface area contributed by atoms with Gasteiger partial charge in [-0.25, -0.2) is 0 Å². The minimum atomic E-state index is 0.397. The Bertz CT molecular complexity index is 377. The standard InChI is InChI=1S/C16H24I2/c1-10(17)5-7-13-11(2)16(3,4)15-9-12(18)6-8-14(13)15/h6,9-11,13-14H,5,7-8H2,1-4H3. The van der Waals surface area contributed by atoms with Gasteiger partial charge in [-0.1, -0.05) is 61.9 Å². The minimum Gasteiger partial charge on any atom is -0.0829 e. The van der Waals surface area contributed by atoms with Gasteiger partial charge in [0.25, 0.3) is 0 Å². The molecule has 4 atom stereocenters. The van der Waals surface area contributed by atoms with Gasteiger partial charge in [0.15, 0.2) is 0 Å². The normalized spacial score (nSPS) is 35.8. The Balaban J connectivity index is 2.22. The summed E-state index contributed by atoms with van der Waals surface area (Å²) in [6.45, 7) is 9.73. The molecule has 0 heterocycles. The highest BCUT2D eigenvalue weighted by Gasteiger charge is 2.49. The van der Waals surface area contributed by atoms with Gasteiger partial charge in [0, 0.05) is 7.50 Å². The van der Waals surface area contributed by atoms with Crippen molar-refractivity contribution in [3.63, 3.8) is 0 Å². The molecule has 1 fully saturated rings. The minimum absolute atomic E-state index is 0.397. The van der Waals surface area contributed by atoms with Crippen molar-refractivity contribution in [2.24, 2.45) is 23.2 Å². The summed E-state index contributed by atoms with van der Waals surface area (Å²) >= 11 is 5.05. The number of allylic oxidation sites excluding steroid dienone is 4. The molecule has 2 aliphatic carbocycles. The summed E-state index contributed by atoms with van der Waals surface area (Å²) in [5, 5.41) is 0. The van der Waals surface area contributed by atoms with Crippen molar-refractivity contribution in [1.29, 1.82) is 0 Å². The van der Waals surface area contributed by atoms with Gasteiger partial charge in [-0.3, -0.25) is 0 Å². The summed E-state index contributed by atoms with van der Waals surface area (Å²) in [6, 6.07) is 0. The molecule has 102 valence electrons. The molecule has 0 spiro atoms. The number of rotatable bonds is 3. The van der Waals surface area contributed by atoms with Crippen LogP contribution in [0.15, 0.2) is 21.3 Å². The molecule has 0 aromatic carbocycles. The van der Waals surface area contributed by atoms with Gasteiger partial charge in [0.1, 0.15) is 0 Å². The molecule has 0 aromatic rings. The molecule has 0 saturated heterocycles. The average molecular weight is 470 g/mol. The molecule has 0 N–H and O–H groups in total. The second-order valence-corrected chi connectivity index (χ2v) is 9.94. The van der Waals surface area contributed by atoms with E-state index in [9.17, 15) is 0 Å². The molecule has 0 aromatic heterocycles. The number of alkyl halides is 1. The fourth-order valence-corrected chi connectivity index (χ4v) is 4.72. The second kappa shape index (κ2) is 5.74. The van der Waals surface area contributed by atoms with Crippen molar-refractivity contribution >= 4 is 45.2 Å².